The third-order valence-electron chi connectivity index (χ3n) is 4.35. The Bertz CT molecular complexity index is 877. The minimum Gasteiger partial charge on any atom is -0.352 e. The van der Waals surface area contributed by atoms with Crippen LogP contribution >= 0.6 is 0 Å². The van der Waals surface area contributed by atoms with Crippen molar-refractivity contribution in [3.05, 3.63) is 59.9 Å². The van der Waals surface area contributed by atoms with Crippen molar-refractivity contribution in [1.29, 1.82) is 0 Å². The molecule has 0 aliphatic carbocycles. The monoisotopic (exact) mass is 347 g/mol. The van der Waals surface area contributed by atoms with Crippen molar-refractivity contribution in [1.82, 2.24) is 15.0 Å². The van der Waals surface area contributed by atoms with Crippen LogP contribution in [0.1, 0.15) is 31.4 Å². The second-order valence-electron chi connectivity index (χ2n) is 6.59. The van der Waals surface area contributed by atoms with Crippen LogP contribution in [0, 0.1) is 13.8 Å². The molecule has 0 aliphatic heterocycles. The zero-order valence-electron chi connectivity index (χ0n) is 15.7. The lowest BCUT2D eigenvalue weighted by atomic mass is 10.1. The first kappa shape index (κ1) is 17.9. The summed E-state index contributed by atoms with van der Waals surface area (Å²) in [6, 6.07) is 12.5. The van der Waals surface area contributed by atoms with Gasteiger partial charge in [0.2, 0.25) is 5.95 Å². The van der Waals surface area contributed by atoms with Gasteiger partial charge < -0.3 is 10.6 Å². The largest absolute Gasteiger partial charge is 0.352 e. The summed E-state index contributed by atoms with van der Waals surface area (Å²) in [5, 5.41) is 6.82. The number of pyridine rings is 1. The van der Waals surface area contributed by atoms with Gasteiger partial charge in [-0.25, -0.2) is 4.98 Å². The average molecular weight is 347 g/mol. The van der Waals surface area contributed by atoms with Gasteiger partial charge in [0.25, 0.3) is 0 Å². The van der Waals surface area contributed by atoms with E-state index in [0.717, 1.165) is 29.2 Å². The maximum Gasteiger partial charge on any atom is 0.225 e. The van der Waals surface area contributed by atoms with Crippen LogP contribution in [0.15, 0.2) is 48.8 Å². The standard InChI is InChI=1S/C21H25N5/c1-5-16(4)23-21-25-19(17-8-10-22-11-9-17)13-20(26-21)24-18-12-14(2)6-7-15(18)3/h6-13,16H,5H2,1-4H3,(H2,23,24,25,26)/t16-/m0/s1. The molecule has 5 heteroatoms. The first-order valence-corrected chi connectivity index (χ1v) is 8.95. The quantitative estimate of drug-likeness (QED) is 0.649. The van der Waals surface area contributed by atoms with Crippen LogP contribution < -0.4 is 10.6 Å². The molecule has 0 aliphatic rings. The SMILES string of the molecule is CC[C@H](C)Nc1nc(Nc2cc(C)ccc2C)cc(-c2ccncc2)n1. The molecule has 0 saturated heterocycles. The Morgan fingerprint density at radius 2 is 1.77 bits per heavy atom. The Labute approximate surface area is 154 Å². The lowest BCUT2D eigenvalue weighted by Gasteiger charge is -2.15. The molecular formula is C21H25N5. The van der Waals surface area contributed by atoms with Crippen LogP contribution in [0.2, 0.25) is 0 Å². The molecule has 134 valence electrons. The predicted octanol–water partition coefficient (Wildman–Crippen LogP) is 5.11. The highest BCUT2D eigenvalue weighted by molar-refractivity contribution is 5.68. The molecule has 0 bridgehead atoms. The van der Waals surface area contributed by atoms with Gasteiger partial charge in [-0.15, -0.1) is 0 Å². The van der Waals surface area contributed by atoms with Crippen molar-refractivity contribution in [3.63, 3.8) is 0 Å². The number of aromatic nitrogens is 3. The number of rotatable bonds is 6. The fraction of sp³-hybridized carbons (Fsp3) is 0.286. The third-order valence-corrected chi connectivity index (χ3v) is 4.35. The smallest absolute Gasteiger partial charge is 0.225 e. The average Bonchev–Trinajstić information content (AvgIpc) is 2.65. The second-order valence-corrected chi connectivity index (χ2v) is 6.59. The Balaban J connectivity index is 2.00. The number of anilines is 3. The summed E-state index contributed by atoms with van der Waals surface area (Å²) in [6.07, 6.45) is 4.55. The Morgan fingerprint density at radius 1 is 1.00 bits per heavy atom. The maximum atomic E-state index is 4.68. The van der Waals surface area contributed by atoms with E-state index >= 15 is 0 Å². The maximum absolute atomic E-state index is 4.68. The second kappa shape index (κ2) is 7.95. The van der Waals surface area contributed by atoms with E-state index in [4.69, 9.17) is 0 Å². The number of aryl methyl sites for hydroxylation is 2. The highest BCUT2D eigenvalue weighted by Crippen LogP contribution is 2.25. The Morgan fingerprint density at radius 3 is 2.50 bits per heavy atom. The lowest BCUT2D eigenvalue weighted by molar-refractivity contribution is 0.753. The minimum atomic E-state index is 0.302. The van der Waals surface area contributed by atoms with Gasteiger partial charge in [-0.2, -0.15) is 4.98 Å². The highest BCUT2D eigenvalue weighted by Gasteiger charge is 2.10. The first-order chi connectivity index (χ1) is 12.5. The molecule has 2 aromatic heterocycles. The van der Waals surface area contributed by atoms with E-state index in [1.54, 1.807) is 12.4 Å². The molecule has 2 heterocycles. The van der Waals surface area contributed by atoms with Crippen molar-refractivity contribution in [2.24, 2.45) is 0 Å². The van der Waals surface area contributed by atoms with E-state index in [2.05, 4.69) is 71.5 Å². The summed E-state index contributed by atoms with van der Waals surface area (Å²) in [5.74, 6) is 1.40. The van der Waals surface area contributed by atoms with Gasteiger partial charge in [0, 0.05) is 35.8 Å². The van der Waals surface area contributed by atoms with Crippen LogP contribution in [0.25, 0.3) is 11.3 Å². The van der Waals surface area contributed by atoms with Gasteiger partial charge in [0.15, 0.2) is 0 Å². The van der Waals surface area contributed by atoms with Crippen molar-refractivity contribution in [3.8, 4) is 11.3 Å². The molecule has 26 heavy (non-hydrogen) atoms. The van der Waals surface area contributed by atoms with Crippen LogP contribution in [0.5, 0.6) is 0 Å². The summed E-state index contributed by atoms with van der Waals surface area (Å²) in [6.45, 7) is 8.44. The number of nitrogens with zero attached hydrogens (tertiary/aromatic N) is 3. The molecular weight excluding hydrogens is 322 g/mol. The molecule has 0 saturated carbocycles. The van der Waals surface area contributed by atoms with Gasteiger partial charge in [0.05, 0.1) is 5.69 Å². The molecule has 0 spiro atoms. The molecule has 1 atom stereocenters. The van der Waals surface area contributed by atoms with Crippen molar-refractivity contribution in [2.75, 3.05) is 10.6 Å². The topological polar surface area (TPSA) is 62.7 Å². The Kier molecular flexibility index (Phi) is 5.46. The molecule has 3 aromatic rings. The summed E-state index contributed by atoms with van der Waals surface area (Å²) in [7, 11) is 0. The van der Waals surface area contributed by atoms with Crippen molar-refractivity contribution in [2.45, 2.75) is 40.2 Å². The Hall–Kier alpha value is -2.95. The molecule has 2 N–H and O–H groups in total. The molecule has 0 amide bonds. The number of benzene rings is 1. The number of hydrogen-bond donors (Lipinski definition) is 2. The van der Waals surface area contributed by atoms with E-state index in [-0.39, 0.29) is 0 Å². The molecule has 5 nitrogen and oxygen atoms in total. The number of hydrogen-bond acceptors (Lipinski definition) is 5. The van der Waals surface area contributed by atoms with E-state index < -0.39 is 0 Å². The van der Waals surface area contributed by atoms with E-state index in [1.165, 1.54) is 11.1 Å². The molecule has 3 rings (SSSR count). The van der Waals surface area contributed by atoms with Crippen molar-refractivity contribution >= 4 is 17.5 Å². The zero-order chi connectivity index (χ0) is 18.5. The van der Waals surface area contributed by atoms with E-state index in [1.807, 2.05) is 18.2 Å². The lowest BCUT2D eigenvalue weighted by Crippen LogP contribution is -2.16. The van der Waals surface area contributed by atoms with Gasteiger partial charge in [-0.3, -0.25) is 4.98 Å². The molecule has 1 aromatic carbocycles. The van der Waals surface area contributed by atoms with Gasteiger partial charge in [0.1, 0.15) is 5.82 Å². The van der Waals surface area contributed by atoms with E-state index in [9.17, 15) is 0 Å². The summed E-state index contributed by atoms with van der Waals surface area (Å²) in [4.78, 5) is 13.4. The van der Waals surface area contributed by atoms with Crippen LogP contribution in [0.4, 0.5) is 17.5 Å². The van der Waals surface area contributed by atoms with Gasteiger partial charge >= 0.3 is 0 Å². The van der Waals surface area contributed by atoms with Gasteiger partial charge in [-0.05, 0) is 56.5 Å². The molecule has 0 unspecified atom stereocenters. The fourth-order valence-corrected chi connectivity index (χ4v) is 2.58. The first-order valence-electron chi connectivity index (χ1n) is 8.95. The minimum absolute atomic E-state index is 0.302. The summed E-state index contributed by atoms with van der Waals surface area (Å²) in [5.41, 5.74) is 5.31. The van der Waals surface area contributed by atoms with Crippen LogP contribution in [0.3, 0.4) is 0 Å². The summed E-state index contributed by atoms with van der Waals surface area (Å²) < 4.78 is 0. The predicted molar refractivity (Wildman–Crippen MR) is 108 cm³/mol. The number of nitrogens with one attached hydrogen (secondary N) is 2. The van der Waals surface area contributed by atoms with Crippen molar-refractivity contribution < 1.29 is 0 Å². The fourth-order valence-electron chi connectivity index (χ4n) is 2.58. The summed E-state index contributed by atoms with van der Waals surface area (Å²) >= 11 is 0. The van der Waals surface area contributed by atoms with E-state index in [0.29, 0.717) is 12.0 Å². The van der Waals surface area contributed by atoms with Crippen LogP contribution in [-0.4, -0.2) is 21.0 Å². The third kappa shape index (κ3) is 4.36. The molecule has 0 radical (unpaired) electrons. The molecule has 0 fully saturated rings. The normalized spacial score (nSPS) is 11.8. The van der Waals surface area contributed by atoms with Crippen LogP contribution in [-0.2, 0) is 0 Å². The zero-order valence-corrected chi connectivity index (χ0v) is 15.7. The van der Waals surface area contributed by atoms with Gasteiger partial charge in [-0.1, -0.05) is 19.1 Å². The highest BCUT2D eigenvalue weighted by atomic mass is 15.2.